The van der Waals surface area contributed by atoms with Crippen molar-refractivity contribution < 1.29 is 23.0 Å². The fourth-order valence-corrected chi connectivity index (χ4v) is 3.54. The number of nitrogens with two attached hydrogens (primary N) is 1. The second-order valence-electron chi connectivity index (χ2n) is 4.70. The number of benzene rings is 1. The maximum absolute atomic E-state index is 11.3. The number of primary sulfonamides is 1. The first-order valence-electron chi connectivity index (χ1n) is 6.73. The molecular weight excluding hydrogens is 356 g/mol. The van der Waals surface area contributed by atoms with Gasteiger partial charge in [0, 0.05) is 5.56 Å². The van der Waals surface area contributed by atoms with Gasteiger partial charge in [-0.1, -0.05) is 11.3 Å². The molecule has 3 aromatic rings. The number of fused-ring (bicyclic) bond motifs is 1. The number of ether oxygens (including phenoxy) is 2. The lowest BCUT2D eigenvalue weighted by Gasteiger charge is -2.10. The summed E-state index contributed by atoms with van der Waals surface area (Å²) in [5.74, 6) is 1.00. The molecule has 3 rings (SSSR count). The van der Waals surface area contributed by atoms with E-state index in [0.29, 0.717) is 22.2 Å². The van der Waals surface area contributed by atoms with Crippen LogP contribution < -0.4 is 14.6 Å². The number of hydrogen-bond acceptors (Lipinski definition) is 8. The zero-order valence-corrected chi connectivity index (χ0v) is 14.2. The number of sulfonamides is 1. The average molecular weight is 370 g/mol. The Bertz CT molecular complexity index is 948. The molecule has 1 aromatic carbocycles. The fourth-order valence-electron chi connectivity index (χ4n) is 2.04. The van der Waals surface area contributed by atoms with Crippen molar-refractivity contribution in [2.24, 2.45) is 5.14 Å². The summed E-state index contributed by atoms with van der Waals surface area (Å²) >= 11 is 0.888. The van der Waals surface area contributed by atoms with E-state index in [4.69, 9.17) is 19.7 Å². The third-order valence-electron chi connectivity index (χ3n) is 3.08. The van der Waals surface area contributed by atoms with Gasteiger partial charge in [0.15, 0.2) is 11.5 Å². The predicted octanol–water partition coefficient (Wildman–Crippen LogP) is 0.485. The van der Waals surface area contributed by atoms with Crippen LogP contribution in [0.25, 0.3) is 16.2 Å². The van der Waals surface area contributed by atoms with Crippen molar-refractivity contribution in [3.05, 3.63) is 24.4 Å². The summed E-state index contributed by atoms with van der Waals surface area (Å²) in [5.41, 5.74) is 1.35. The van der Waals surface area contributed by atoms with Gasteiger partial charge in [-0.2, -0.15) is 0 Å². The van der Waals surface area contributed by atoms with Gasteiger partial charge in [0.1, 0.15) is 6.61 Å². The molecule has 0 aliphatic heterocycles. The molecule has 24 heavy (non-hydrogen) atoms. The SMILES string of the molecule is COc1cc(-c2cn3nc(S(N)(=O)=O)sc3n2)ccc1OCCO. The molecule has 0 saturated carbocycles. The van der Waals surface area contributed by atoms with Crippen LogP contribution >= 0.6 is 11.3 Å². The fraction of sp³-hybridized carbons (Fsp3) is 0.231. The molecule has 0 aliphatic carbocycles. The van der Waals surface area contributed by atoms with Gasteiger partial charge < -0.3 is 14.6 Å². The Hall–Kier alpha value is -2.21. The molecular formula is C13H14N4O5S2. The summed E-state index contributed by atoms with van der Waals surface area (Å²) in [7, 11) is -2.34. The van der Waals surface area contributed by atoms with Gasteiger partial charge in [-0.05, 0) is 18.2 Å². The van der Waals surface area contributed by atoms with Crippen molar-refractivity contribution in [2.45, 2.75) is 4.34 Å². The molecule has 0 saturated heterocycles. The zero-order valence-electron chi connectivity index (χ0n) is 12.5. The highest BCUT2D eigenvalue weighted by atomic mass is 32.2. The maximum atomic E-state index is 11.3. The topological polar surface area (TPSA) is 129 Å². The van der Waals surface area contributed by atoms with Gasteiger partial charge in [-0.15, -0.1) is 5.10 Å². The minimum atomic E-state index is -3.85. The van der Waals surface area contributed by atoms with E-state index in [-0.39, 0.29) is 17.6 Å². The van der Waals surface area contributed by atoms with Gasteiger partial charge in [-0.25, -0.2) is 23.1 Å². The maximum Gasteiger partial charge on any atom is 0.267 e. The van der Waals surface area contributed by atoms with Crippen LogP contribution in [0, 0.1) is 0 Å². The highest BCUT2D eigenvalue weighted by Crippen LogP contribution is 2.32. The molecule has 0 atom stereocenters. The highest BCUT2D eigenvalue weighted by molar-refractivity contribution is 7.91. The highest BCUT2D eigenvalue weighted by Gasteiger charge is 2.17. The molecule has 2 aromatic heterocycles. The van der Waals surface area contributed by atoms with E-state index in [9.17, 15) is 8.42 Å². The Morgan fingerprint density at radius 2 is 2.17 bits per heavy atom. The first kappa shape index (κ1) is 16.6. The van der Waals surface area contributed by atoms with E-state index < -0.39 is 10.0 Å². The largest absolute Gasteiger partial charge is 0.493 e. The molecule has 0 bridgehead atoms. The van der Waals surface area contributed by atoms with Crippen LogP contribution in [0.2, 0.25) is 0 Å². The van der Waals surface area contributed by atoms with Crippen molar-refractivity contribution in [3.63, 3.8) is 0 Å². The molecule has 3 N–H and O–H groups in total. The molecule has 128 valence electrons. The van der Waals surface area contributed by atoms with Crippen LogP contribution in [0.5, 0.6) is 11.5 Å². The van der Waals surface area contributed by atoms with E-state index in [0.717, 1.165) is 16.9 Å². The van der Waals surface area contributed by atoms with Gasteiger partial charge in [0.2, 0.25) is 9.30 Å². The van der Waals surface area contributed by atoms with Crippen LogP contribution in [0.15, 0.2) is 28.7 Å². The van der Waals surface area contributed by atoms with Crippen molar-refractivity contribution in [1.29, 1.82) is 0 Å². The molecule has 9 nitrogen and oxygen atoms in total. The van der Waals surface area contributed by atoms with E-state index in [2.05, 4.69) is 10.1 Å². The number of aliphatic hydroxyl groups is 1. The monoisotopic (exact) mass is 370 g/mol. The van der Waals surface area contributed by atoms with Gasteiger partial charge >= 0.3 is 0 Å². The third kappa shape index (κ3) is 3.19. The van der Waals surface area contributed by atoms with Gasteiger partial charge in [0.25, 0.3) is 10.0 Å². The number of aromatic nitrogens is 3. The molecule has 0 aliphatic rings. The van der Waals surface area contributed by atoms with Gasteiger partial charge in [-0.3, -0.25) is 0 Å². The second-order valence-corrected chi connectivity index (χ2v) is 7.40. The van der Waals surface area contributed by atoms with Crippen molar-refractivity contribution in [3.8, 4) is 22.8 Å². The third-order valence-corrected chi connectivity index (χ3v) is 5.31. The Morgan fingerprint density at radius 3 is 2.79 bits per heavy atom. The number of nitrogens with zero attached hydrogens (tertiary/aromatic N) is 3. The molecule has 0 radical (unpaired) electrons. The normalized spacial score (nSPS) is 11.8. The lowest BCUT2D eigenvalue weighted by molar-refractivity contribution is 0.196. The molecule has 2 heterocycles. The lowest BCUT2D eigenvalue weighted by Crippen LogP contribution is -2.12. The Balaban J connectivity index is 1.96. The van der Waals surface area contributed by atoms with Crippen molar-refractivity contribution in [2.75, 3.05) is 20.3 Å². The summed E-state index contributed by atoms with van der Waals surface area (Å²) in [6, 6.07) is 5.22. The predicted molar refractivity (Wildman–Crippen MR) is 86.8 cm³/mol. The number of methoxy groups -OCH3 is 1. The first-order valence-corrected chi connectivity index (χ1v) is 9.09. The first-order chi connectivity index (χ1) is 11.4. The molecule has 0 spiro atoms. The minimum absolute atomic E-state index is 0.0969. The number of rotatable bonds is 6. The van der Waals surface area contributed by atoms with E-state index in [1.165, 1.54) is 11.6 Å². The smallest absolute Gasteiger partial charge is 0.267 e. The standard InChI is InChI=1S/C13H14N4O5S2/c1-21-11-6-8(2-3-10(11)22-5-4-18)9-7-17-12(15-9)23-13(16-17)24(14,19)20/h2-3,6-7,18H,4-5H2,1H3,(H2,14,19,20). The summed E-state index contributed by atoms with van der Waals surface area (Å²) in [5, 5.41) is 17.8. The molecule has 11 heteroatoms. The number of imidazole rings is 1. The summed E-state index contributed by atoms with van der Waals surface area (Å²) in [4.78, 5) is 4.76. The molecule has 0 amide bonds. The lowest BCUT2D eigenvalue weighted by atomic mass is 10.1. The van der Waals surface area contributed by atoms with Crippen LogP contribution in [-0.2, 0) is 10.0 Å². The van der Waals surface area contributed by atoms with Crippen LogP contribution in [0.4, 0.5) is 0 Å². The van der Waals surface area contributed by atoms with Crippen molar-refractivity contribution >= 4 is 26.3 Å². The summed E-state index contributed by atoms with van der Waals surface area (Å²) < 4.78 is 34.4. The average Bonchev–Trinajstić information content (AvgIpc) is 3.11. The minimum Gasteiger partial charge on any atom is -0.493 e. The Kier molecular flexibility index (Phi) is 4.41. The summed E-state index contributed by atoms with van der Waals surface area (Å²) in [6.07, 6.45) is 1.60. The quantitative estimate of drug-likeness (QED) is 0.646. The molecule has 0 unspecified atom stereocenters. The van der Waals surface area contributed by atoms with Crippen LogP contribution in [-0.4, -0.2) is 48.4 Å². The van der Waals surface area contributed by atoms with E-state index in [1.807, 2.05) is 0 Å². The van der Waals surface area contributed by atoms with Crippen LogP contribution in [0.3, 0.4) is 0 Å². The second kappa shape index (κ2) is 6.36. The Morgan fingerprint density at radius 1 is 1.38 bits per heavy atom. The number of hydrogen-bond donors (Lipinski definition) is 2. The van der Waals surface area contributed by atoms with Gasteiger partial charge in [0.05, 0.1) is 25.6 Å². The number of aliphatic hydroxyl groups excluding tert-OH is 1. The molecule has 0 fully saturated rings. The summed E-state index contributed by atoms with van der Waals surface area (Å²) in [6.45, 7) is 0.0659. The van der Waals surface area contributed by atoms with Crippen molar-refractivity contribution in [1.82, 2.24) is 14.6 Å². The van der Waals surface area contributed by atoms with E-state index >= 15 is 0 Å². The van der Waals surface area contributed by atoms with E-state index in [1.54, 1.807) is 24.4 Å². The zero-order chi connectivity index (χ0) is 17.3. The Labute approximate surface area is 141 Å². The van der Waals surface area contributed by atoms with Crippen LogP contribution in [0.1, 0.15) is 0 Å².